The molecule has 17 heavy (non-hydrogen) atoms. The number of epoxide rings is 1. The van der Waals surface area contributed by atoms with Crippen LogP contribution in [0.1, 0.15) is 43.9 Å². The molecule has 2 rings (SSSR count). The van der Waals surface area contributed by atoms with Gasteiger partial charge in [-0.1, -0.05) is 38.1 Å². The van der Waals surface area contributed by atoms with Gasteiger partial charge in [-0.3, -0.25) is 0 Å². The van der Waals surface area contributed by atoms with E-state index < -0.39 is 6.10 Å². The minimum absolute atomic E-state index is 0.115. The molecule has 0 unspecified atom stereocenters. The van der Waals surface area contributed by atoms with Crippen molar-refractivity contribution in [2.75, 3.05) is 6.61 Å². The molecular weight excluding hydrogens is 216 g/mol. The van der Waals surface area contributed by atoms with E-state index in [0.717, 1.165) is 5.56 Å². The first-order chi connectivity index (χ1) is 8.13. The number of rotatable bonds is 4. The Bertz CT molecular complexity index is 394. The summed E-state index contributed by atoms with van der Waals surface area (Å²) in [5.41, 5.74) is 2.34. The first-order valence-electron chi connectivity index (χ1n) is 6.05. The maximum atomic E-state index is 11.4. The van der Waals surface area contributed by atoms with Crippen LogP contribution in [-0.4, -0.2) is 18.7 Å². The zero-order valence-electron chi connectivity index (χ0n) is 10.5. The van der Waals surface area contributed by atoms with Crippen molar-refractivity contribution >= 4 is 5.97 Å². The fourth-order valence-electron chi connectivity index (χ4n) is 1.84. The van der Waals surface area contributed by atoms with Gasteiger partial charge in [0.2, 0.25) is 0 Å². The number of carbonyl (C=O) groups is 1. The van der Waals surface area contributed by atoms with Crippen molar-refractivity contribution in [1.82, 2.24) is 0 Å². The van der Waals surface area contributed by atoms with Crippen LogP contribution in [0.15, 0.2) is 24.3 Å². The van der Waals surface area contributed by atoms with Crippen molar-refractivity contribution in [3.05, 3.63) is 35.4 Å². The van der Waals surface area contributed by atoms with Gasteiger partial charge < -0.3 is 9.47 Å². The molecule has 1 aliphatic rings. The standard InChI is InChI=1S/C14H18O3/c1-4-16-14(15)13-12(17-13)11-7-5-10(6-8-11)9(2)3/h5-9,12-13H,4H2,1-3H3/t12-,13+/m1/s1. The molecule has 0 radical (unpaired) electrons. The van der Waals surface area contributed by atoms with Crippen LogP contribution in [0.5, 0.6) is 0 Å². The van der Waals surface area contributed by atoms with Crippen molar-refractivity contribution < 1.29 is 14.3 Å². The van der Waals surface area contributed by atoms with Crippen LogP contribution in [0.4, 0.5) is 0 Å². The zero-order valence-corrected chi connectivity index (χ0v) is 10.5. The van der Waals surface area contributed by atoms with Crippen molar-refractivity contribution in [2.24, 2.45) is 0 Å². The van der Waals surface area contributed by atoms with Gasteiger partial charge in [0.15, 0.2) is 6.10 Å². The lowest BCUT2D eigenvalue weighted by molar-refractivity contribution is -0.144. The summed E-state index contributed by atoms with van der Waals surface area (Å²) in [7, 11) is 0. The molecule has 1 heterocycles. The molecule has 3 nitrogen and oxygen atoms in total. The highest BCUT2D eigenvalue weighted by Gasteiger charge is 2.47. The summed E-state index contributed by atoms with van der Waals surface area (Å²) < 4.78 is 10.3. The second kappa shape index (κ2) is 4.88. The third-order valence-electron chi connectivity index (χ3n) is 2.94. The van der Waals surface area contributed by atoms with Crippen molar-refractivity contribution in [3.8, 4) is 0 Å². The van der Waals surface area contributed by atoms with E-state index in [0.29, 0.717) is 12.5 Å². The molecule has 1 saturated heterocycles. The average molecular weight is 234 g/mol. The predicted octanol–water partition coefficient (Wildman–Crippen LogP) is 2.81. The first-order valence-corrected chi connectivity index (χ1v) is 6.05. The normalized spacial score (nSPS) is 22.6. The van der Waals surface area contributed by atoms with Crippen LogP contribution < -0.4 is 0 Å². The largest absolute Gasteiger partial charge is 0.464 e. The molecule has 3 heteroatoms. The lowest BCUT2D eigenvalue weighted by Crippen LogP contribution is -2.11. The Morgan fingerprint density at radius 3 is 2.53 bits per heavy atom. The molecule has 0 amide bonds. The van der Waals surface area contributed by atoms with E-state index in [4.69, 9.17) is 9.47 Å². The van der Waals surface area contributed by atoms with Crippen LogP contribution in [0.2, 0.25) is 0 Å². The molecule has 2 atom stereocenters. The number of esters is 1. The fourth-order valence-corrected chi connectivity index (χ4v) is 1.84. The third kappa shape index (κ3) is 2.67. The SMILES string of the molecule is CCOC(=O)[C@H]1O[C@@H]1c1ccc(C(C)C)cc1. The molecule has 0 bridgehead atoms. The Kier molecular flexibility index (Phi) is 3.48. The highest BCUT2D eigenvalue weighted by Crippen LogP contribution is 2.39. The number of hydrogen-bond donors (Lipinski definition) is 0. The number of carbonyl (C=O) groups excluding carboxylic acids is 1. The monoisotopic (exact) mass is 234 g/mol. The van der Waals surface area contributed by atoms with Gasteiger partial charge in [0.05, 0.1) is 6.61 Å². The lowest BCUT2D eigenvalue weighted by Gasteiger charge is -2.05. The van der Waals surface area contributed by atoms with E-state index in [9.17, 15) is 4.79 Å². The quantitative estimate of drug-likeness (QED) is 0.594. The summed E-state index contributed by atoms with van der Waals surface area (Å²) >= 11 is 0. The predicted molar refractivity (Wildman–Crippen MR) is 64.8 cm³/mol. The number of ether oxygens (including phenoxy) is 2. The van der Waals surface area contributed by atoms with Crippen molar-refractivity contribution in [2.45, 2.75) is 38.9 Å². The van der Waals surface area contributed by atoms with Gasteiger partial charge in [0, 0.05) is 0 Å². The smallest absolute Gasteiger partial charge is 0.338 e. The minimum atomic E-state index is -0.403. The molecule has 0 spiro atoms. The van der Waals surface area contributed by atoms with E-state index in [1.165, 1.54) is 5.56 Å². The van der Waals surface area contributed by atoms with Gasteiger partial charge in [-0.05, 0) is 24.0 Å². The van der Waals surface area contributed by atoms with Crippen LogP contribution in [0.3, 0.4) is 0 Å². The van der Waals surface area contributed by atoms with Crippen LogP contribution in [0, 0.1) is 0 Å². The third-order valence-corrected chi connectivity index (χ3v) is 2.94. The summed E-state index contributed by atoms with van der Waals surface area (Å²) in [5, 5.41) is 0. The Balaban J connectivity index is 1.99. The van der Waals surface area contributed by atoms with Crippen LogP contribution in [-0.2, 0) is 14.3 Å². The summed E-state index contributed by atoms with van der Waals surface area (Å²) in [6.07, 6.45) is -0.518. The molecule has 1 fully saturated rings. The Labute approximate surface area is 102 Å². The van der Waals surface area contributed by atoms with E-state index in [1.54, 1.807) is 6.92 Å². The van der Waals surface area contributed by atoms with E-state index in [1.807, 2.05) is 12.1 Å². The Morgan fingerprint density at radius 2 is 2.00 bits per heavy atom. The second-order valence-electron chi connectivity index (χ2n) is 4.55. The fraction of sp³-hybridized carbons (Fsp3) is 0.500. The van der Waals surface area contributed by atoms with Gasteiger partial charge in [0.25, 0.3) is 0 Å². The van der Waals surface area contributed by atoms with Crippen LogP contribution in [0.25, 0.3) is 0 Å². The molecule has 0 N–H and O–H groups in total. The summed E-state index contributed by atoms with van der Waals surface area (Å²) in [5.74, 6) is 0.260. The highest BCUT2D eigenvalue weighted by atomic mass is 16.6. The molecule has 0 aromatic heterocycles. The van der Waals surface area contributed by atoms with Crippen LogP contribution >= 0.6 is 0 Å². The molecule has 0 aliphatic carbocycles. The van der Waals surface area contributed by atoms with Gasteiger partial charge in [-0.15, -0.1) is 0 Å². The maximum Gasteiger partial charge on any atom is 0.338 e. The highest BCUT2D eigenvalue weighted by molar-refractivity contribution is 5.78. The first kappa shape index (κ1) is 12.1. The van der Waals surface area contributed by atoms with Gasteiger partial charge in [-0.25, -0.2) is 4.79 Å². The second-order valence-corrected chi connectivity index (χ2v) is 4.55. The van der Waals surface area contributed by atoms with E-state index >= 15 is 0 Å². The summed E-state index contributed by atoms with van der Waals surface area (Å²) in [6, 6.07) is 8.23. The number of benzene rings is 1. The zero-order chi connectivity index (χ0) is 12.4. The minimum Gasteiger partial charge on any atom is -0.464 e. The van der Waals surface area contributed by atoms with Crippen molar-refractivity contribution in [3.63, 3.8) is 0 Å². The summed E-state index contributed by atoms with van der Waals surface area (Å²) in [6.45, 7) is 6.51. The molecule has 1 aromatic carbocycles. The topological polar surface area (TPSA) is 38.8 Å². The average Bonchev–Trinajstić information content (AvgIpc) is 3.09. The van der Waals surface area contributed by atoms with E-state index in [-0.39, 0.29) is 12.1 Å². The summed E-state index contributed by atoms with van der Waals surface area (Å²) in [4.78, 5) is 11.4. The Morgan fingerprint density at radius 1 is 1.35 bits per heavy atom. The van der Waals surface area contributed by atoms with Gasteiger partial charge >= 0.3 is 5.97 Å². The Hall–Kier alpha value is -1.35. The van der Waals surface area contributed by atoms with E-state index in [2.05, 4.69) is 26.0 Å². The molecule has 92 valence electrons. The van der Waals surface area contributed by atoms with Crippen molar-refractivity contribution in [1.29, 1.82) is 0 Å². The maximum absolute atomic E-state index is 11.4. The number of hydrogen-bond acceptors (Lipinski definition) is 3. The molecule has 1 aromatic rings. The lowest BCUT2D eigenvalue weighted by atomic mass is 10.0. The molecular formula is C14H18O3. The molecule has 0 saturated carbocycles. The van der Waals surface area contributed by atoms with Gasteiger partial charge in [0.1, 0.15) is 6.10 Å². The molecule has 1 aliphatic heterocycles. The van der Waals surface area contributed by atoms with Gasteiger partial charge in [-0.2, -0.15) is 0 Å².